The fourth-order valence-electron chi connectivity index (χ4n) is 6.58. The maximum absolute atomic E-state index is 13.3. The van der Waals surface area contributed by atoms with Crippen LogP contribution in [0.2, 0.25) is 0 Å². The van der Waals surface area contributed by atoms with Crippen LogP contribution in [-0.4, -0.2) is 73.9 Å². The van der Waals surface area contributed by atoms with E-state index < -0.39 is 30.6 Å². The quantitative estimate of drug-likeness (QED) is 0.0449. The van der Waals surface area contributed by atoms with E-state index >= 15 is 0 Å². The van der Waals surface area contributed by atoms with Gasteiger partial charge in [0.15, 0.2) is 11.5 Å². The fourth-order valence-corrected chi connectivity index (χ4v) is 6.58. The van der Waals surface area contributed by atoms with Crippen molar-refractivity contribution >= 4 is 52.0 Å². The van der Waals surface area contributed by atoms with E-state index in [4.69, 9.17) is 24.4 Å². The van der Waals surface area contributed by atoms with Crippen molar-refractivity contribution in [1.82, 2.24) is 29.5 Å². The number of rotatable bonds is 14. The number of amides is 2. The van der Waals surface area contributed by atoms with Gasteiger partial charge in [-0.05, 0) is 53.3 Å². The number of aromatic nitrogens is 5. The summed E-state index contributed by atoms with van der Waals surface area (Å²) in [4.78, 5) is 52.4. The smallest absolute Gasteiger partial charge is 0.412 e. The van der Waals surface area contributed by atoms with E-state index in [1.165, 1.54) is 0 Å². The van der Waals surface area contributed by atoms with E-state index in [1.807, 2.05) is 48.7 Å². The molecule has 1 aliphatic heterocycles. The molecule has 1 fully saturated rings. The van der Waals surface area contributed by atoms with Crippen LogP contribution in [0.25, 0.3) is 27.7 Å². The van der Waals surface area contributed by atoms with Gasteiger partial charge in [-0.15, -0.1) is 6.58 Å². The van der Waals surface area contributed by atoms with Crippen LogP contribution in [0, 0.1) is 17.8 Å². The predicted molar refractivity (Wildman–Crippen MR) is 212 cm³/mol. The number of nitrogens with one attached hydrogen (secondary N) is 3. The molecule has 292 valence electrons. The van der Waals surface area contributed by atoms with Crippen LogP contribution in [0.1, 0.15) is 51.2 Å². The van der Waals surface area contributed by atoms with Crippen LogP contribution in [0.15, 0.2) is 86.0 Å². The topological polar surface area (TPSA) is 165 Å². The molecule has 0 bridgehead atoms. The summed E-state index contributed by atoms with van der Waals surface area (Å²) < 4.78 is 25.2. The summed E-state index contributed by atoms with van der Waals surface area (Å²) in [6.07, 6.45) is 5.50. The Morgan fingerprint density at radius 1 is 1.05 bits per heavy atom. The van der Waals surface area contributed by atoms with Gasteiger partial charge in [0, 0.05) is 54.6 Å². The van der Waals surface area contributed by atoms with Crippen molar-refractivity contribution in [1.29, 1.82) is 0 Å². The number of ether oxygens (including phenoxy) is 2. The SMILES string of the molecule is C=CC1CN(C(=O)OCOC(=O)C(C)C)CC[C@@H]1CNc1nc(NCc2ccccc2-c2nccc3cc(NC(=O)C(=C)F)ccc23)n2ncc(C(C)C)c2n1. The van der Waals surface area contributed by atoms with E-state index in [2.05, 4.69) is 48.1 Å². The molecular weight excluding hydrogens is 718 g/mol. The number of likely N-dealkylation sites (tertiary alicyclic amines) is 1. The maximum atomic E-state index is 13.3. The largest absolute Gasteiger partial charge is 0.428 e. The summed E-state index contributed by atoms with van der Waals surface area (Å²) in [5, 5.41) is 15.8. The van der Waals surface area contributed by atoms with Gasteiger partial charge in [-0.1, -0.05) is 70.7 Å². The first-order valence-electron chi connectivity index (χ1n) is 18.5. The van der Waals surface area contributed by atoms with Gasteiger partial charge in [-0.25, -0.2) is 9.18 Å². The van der Waals surface area contributed by atoms with Crippen LogP contribution < -0.4 is 16.0 Å². The van der Waals surface area contributed by atoms with Gasteiger partial charge in [0.1, 0.15) is 0 Å². The zero-order chi connectivity index (χ0) is 39.9. The van der Waals surface area contributed by atoms with Crippen molar-refractivity contribution in [2.24, 2.45) is 17.8 Å². The van der Waals surface area contributed by atoms with Crippen molar-refractivity contribution in [3.8, 4) is 11.3 Å². The van der Waals surface area contributed by atoms with Gasteiger partial charge in [-0.2, -0.15) is 19.6 Å². The third-order valence-corrected chi connectivity index (χ3v) is 9.74. The van der Waals surface area contributed by atoms with Crippen LogP contribution in [0.5, 0.6) is 0 Å². The van der Waals surface area contributed by atoms with E-state index in [9.17, 15) is 18.8 Å². The number of benzene rings is 2. The first-order chi connectivity index (χ1) is 26.9. The average Bonchev–Trinajstić information content (AvgIpc) is 3.63. The van der Waals surface area contributed by atoms with Crippen molar-refractivity contribution < 1.29 is 28.2 Å². The molecule has 1 aliphatic rings. The van der Waals surface area contributed by atoms with E-state index in [1.54, 1.807) is 41.6 Å². The molecule has 6 rings (SSSR count). The average molecular weight is 764 g/mol. The van der Waals surface area contributed by atoms with Gasteiger partial charge in [-0.3, -0.25) is 14.6 Å². The Labute approximate surface area is 324 Å². The summed E-state index contributed by atoms with van der Waals surface area (Å²) in [6, 6.07) is 15.1. The summed E-state index contributed by atoms with van der Waals surface area (Å²) in [6.45, 7) is 16.1. The van der Waals surface area contributed by atoms with Crippen molar-refractivity contribution in [3.63, 3.8) is 0 Å². The lowest BCUT2D eigenvalue weighted by molar-refractivity contribution is -0.156. The number of hydrogen-bond acceptors (Lipinski definition) is 11. The van der Waals surface area contributed by atoms with Crippen LogP contribution in [-0.2, 0) is 25.6 Å². The predicted octanol–water partition coefficient (Wildman–Crippen LogP) is 7.33. The third kappa shape index (κ3) is 8.94. The lowest BCUT2D eigenvalue weighted by Crippen LogP contribution is -2.45. The normalized spacial score (nSPS) is 15.5. The molecule has 0 radical (unpaired) electrons. The van der Waals surface area contributed by atoms with Crippen LogP contribution in [0.4, 0.5) is 26.8 Å². The molecule has 4 heterocycles. The third-order valence-electron chi connectivity index (χ3n) is 9.74. The highest BCUT2D eigenvalue weighted by Gasteiger charge is 2.31. The van der Waals surface area contributed by atoms with E-state index in [-0.39, 0.29) is 23.7 Å². The number of halogens is 1. The second-order valence-electron chi connectivity index (χ2n) is 14.2. The number of nitrogens with zero attached hydrogens (tertiary/aromatic N) is 6. The molecule has 14 nitrogen and oxygen atoms in total. The Balaban J connectivity index is 1.18. The fraction of sp³-hybridized carbons (Fsp3) is 0.341. The van der Waals surface area contributed by atoms with Gasteiger partial charge in [0.2, 0.25) is 18.7 Å². The minimum absolute atomic E-state index is 0.0239. The van der Waals surface area contributed by atoms with Crippen molar-refractivity contribution in [3.05, 3.63) is 97.1 Å². The second-order valence-corrected chi connectivity index (χ2v) is 14.2. The Morgan fingerprint density at radius 2 is 1.86 bits per heavy atom. The number of fused-ring (bicyclic) bond motifs is 2. The molecule has 2 atom stereocenters. The lowest BCUT2D eigenvalue weighted by atomic mass is 9.85. The van der Waals surface area contributed by atoms with Crippen molar-refractivity contribution in [2.75, 3.05) is 42.4 Å². The standard InChI is InChI=1S/C41H46FN9O5/c1-7-27-22-50(41(54)56-23-55-38(53)25(4)5)17-15-29(27)19-44-39-48-36-34(24(2)3)21-46-51(36)40(49-39)45-20-30-10-8-9-11-32(30)35-33-13-12-31(47-37(52)26(6)42)18-28(33)14-16-43-35/h7-14,16,18,21,24-25,27,29H,1,6,15,17,19-20,22-23H2,2-5H3,(H,47,52)(H2,44,45,48,49)/t27?,29-/m1/s1. The highest BCUT2D eigenvalue weighted by molar-refractivity contribution is 6.04. The van der Waals surface area contributed by atoms with E-state index in [0.29, 0.717) is 55.8 Å². The second kappa shape index (κ2) is 17.4. The molecule has 15 heteroatoms. The maximum Gasteiger partial charge on any atom is 0.412 e. The van der Waals surface area contributed by atoms with Crippen LogP contribution in [0.3, 0.4) is 0 Å². The zero-order valence-electron chi connectivity index (χ0n) is 31.9. The van der Waals surface area contributed by atoms with Crippen molar-refractivity contribution in [2.45, 2.75) is 46.6 Å². The number of hydrogen-bond donors (Lipinski definition) is 3. The first kappa shape index (κ1) is 39.3. The van der Waals surface area contributed by atoms with Crippen LogP contribution >= 0.6 is 0 Å². The number of anilines is 3. The highest BCUT2D eigenvalue weighted by atomic mass is 19.1. The summed E-state index contributed by atoms with van der Waals surface area (Å²) in [5.41, 5.74) is 4.69. The molecule has 3 N–H and O–H groups in total. The molecule has 0 aliphatic carbocycles. The minimum atomic E-state index is -1.06. The molecule has 5 aromatic rings. The molecule has 2 aromatic carbocycles. The first-order valence-corrected chi connectivity index (χ1v) is 18.5. The molecule has 1 unspecified atom stereocenters. The van der Waals surface area contributed by atoms with Gasteiger partial charge in [0.05, 0.1) is 17.8 Å². The Bertz CT molecular complexity index is 2270. The van der Waals surface area contributed by atoms with Gasteiger partial charge >= 0.3 is 12.1 Å². The number of carbonyl (C=O) groups is 3. The molecule has 0 spiro atoms. The molecular formula is C41H46FN9O5. The summed E-state index contributed by atoms with van der Waals surface area (Å²) in [7, 11) is 0. The van der Waals surface area contributed by atoms with Gasteiger partial charge in [0.25, 0.3) is 5.91 Å². The molecule has 3 aromatic heterocycles. The Hall–Kier alpha value is -6.38. The molecule has 2 amide bonds. The van der Waals surface area contributed by atoms with Gasteiger partial charge < -0.3 is 30.3 Å². The summed E-state index contributed by atoms with van der Waals surface area (Å²) in [5.74, 6) is -1.50. The lowest BCUT2D eigenvalue weighted by Gasteiger charge is -2.36. The molecule has 0 saturated carbocycles. The zero-order valence-corrected chi connectivity index (χ0v) is 31.9. The monoisotopic (exact) mass is 763 g/mol. The number of pyridine rings is 1. The highest BCUT2D eigenvalue weighted by Crippen LogP contribution is 2.32. The minimum Gasteiger partial charge on any atom is -0.428 e. The number of carbonyl (C=O) groups excluding carboxylic acids is 3. The Morgan fingerprint density at radius 3 is 2.61 bits per heavy atom. The van der Waals surface area contributed by atoms with E-state index in [0.717, 1.165) is 33.2 Å². The molecule has 1 saturated heterocycles. The number of esters is 1. The Kier molecular flexibility index (Phi) is 12.2. The molecule has 56 heavy (non-hydrogen) atoms. The summed E-state index contributed by atoms with van der Waals surface area (Å²) >= 11 is 0. The number of piperidine rings is 1.